The van der Waals surface area contributed by atoms with E-state index in [1.165, 1.54) is 0 Å². The van der Waals surface area contributed by atoms with Crippen LogP contribution in [0.3, 0.4) is 0 Å². The zero-order valence-corrected chi connectivity index (χ0v) is 16.4. The summed E-state index contributed by atoms with van der Waals surface area (Å²) in [7, 11) is -3.50. The molecule has 0 aliphatic rings. The van der Waals surface area contributed by atoms with Crippen LogP contribution in [0.25, 0.3) is 0 Å². The molecule has 0 saturated heterocycles. The molecule has 6 nitrogen and oxygen atoms in total. The number of hydrogen-bond donors (Lipinski definition) is 0. The van der Waals surface area contributed by atoms with E-state index in [4.69, 9.17) is 18.5 Å². The molecule has 0 amide bonds. The van der Waals surface area contributed by atoms with E-state index in [0.29, 0.717) is 11.1 Å². The first kappa shape index (κ1) is 21.4. The molecule has 0 unspecified atom stereocenters. The number of benzene rings is 1. The van der Waals surface area contributed by atoms with Crippen LogP contribution in [0.1, 0.15) is 34.6 Å². The molecule has 0 heterocycles. The van der Waals surface area contributed by atoms with Crippen LogP contribution < -0.4 is 10.0 Å². The summed E-state index contributed by atoms with van der Waals surface area (Å²) in [5, 5.41) is 0.315. The number of rotatable bonds is 9. The summed E-state index contributed by atoms with van der Waals surface area (Å²) in [4.78, 5) is 12.0. The zero-order chi connectivity index (χ0) is 19.1. The second-order valence-electron chi connectivity index (χ2n) is 6.19. The first-order valence-electron chi connectivity index (χ1n) is 8.15. The standard InChI is InChI=1S/C18H27O6P/c1-7-22-25(20,23-8-2)16-12-10-9-11-15(16)21-13-14(3)17(19)24-18(4,5)6/h9-12H,3,7-8,13H2,1-2,4-6H3. The minimum atomic E-state index is -3.50. The van der Waals surface area contributed by atoms with Crippen molar-refractivity contribution in [1.29, 1.82) is 0 Å². The van der Waals surface area contributed by atoms with Gasteiger partial charge in [0.15, 0.2) is 0 Å². The fourth-order valence-electron chi connectivity index (χ4n) is 1.90. The Bertz CT molecular complexity index is 637. The van der Waals surface area contributed by atoms with E-state index in [0.717, 1.165) is 0 Å². The second kappa shape index (κ2) is 9.18. The summed E-state index contributed by atoms with van der Waals surface area (Å²) < 4.78 is 34.6. The van der Waals surface area contributed by atoms with Crippen LogP contribution in [0, 0.1) is 0 Å². The van der Waals surface area contributed by atoms with Gasteiger partial charge < -0.3 is 18.5 Å². The lowest BCUT2D eigenvalue weighted by molar-refractivity contribution is -0.150. The molecule has 0 fully saturated rings. The Kier molecular flexibility index (Phi) is 7.87. The first-order chi connectivity index (χ1) is 11.6. The molecule has 140 valence electrons. The number of carbonyl (C=O) groups excluding carboxylic acids is 1. The molecule has 0 spiro atoms. The molecule has 0 aliphatic heterocycles. The quantitative estimate of drug-likeness (QED) is 0.373. The number of esters is 1. The van der Waals surface area contributed by atoms with Crippen molar-refractivity contribution in [3.8, 4) is 5.75 Å². The predicted molar refractivity (Wildman–Crippen MR) is 97.4 cm³/mol. The molecule has 7 heteroatoms. The summed E-state index contributed by atoms with van der Waals surface area (Å²) >= 11 is 0. The lowest BCUT2D eigenvalue weighted by Gasteiger charge is -2.21. The maximum atomic E-state index is 13.0. The van der Waals surface area contributed by atoms with Crippen molar-refractivity contribution in [3.05, 3.63) is 36.4 Å². The molecule has 1 rings (SSSR count). The highest BCUT2D eigenvalue weighted by molar-refractivity contribution is 7.62. The van der Waals surface area contributed by atoms with Gasteiger partial charge in [-0.25, -0.2) is 4.79 Å². The summed E-state index contributed by atoms with van der Waals surface area (Å²) in [6.45, 7) is 12.8. The lowest BCUT2D eigenvalue weighted by atomic mass is 10.2. The largest absolute Gasteiger partial charge is 0.488 e. The van der Waals surface area contributed by atoms with Gasteiger partial charge in [0.25, 0.3) is 0 Å². The van der Waals surface area contributed by atoms with Gasteiger partial charge >= 0.3 is 13.6 Å². The third-order valence-electron chi connectivity index (χ3n) is 2.85. The minimum absolute atomic E-state index is 0.0931. The Morgan fingerprint density at radius 3 is 2.20 bits per heavy atom. The predicted octanol–water partition coefficient (Wildman–Crippen LogP) is 3.85. The Balaban J connectivity index is 2.92. The van der Waals surface area contributed by atoms with Crippen LogP contribution in [0.5, 0.6) is 5.75 Å². The van der Waals surface area contributed by atoms with Crippen molar-refractivity contribution in [2.75, 3.05) is 19.8 Å². The molecular weight excluding hydrogens is 343 g/mol. The third-order valence-corrected chi connectivity index (χ3v) is 5.00. The molecule has 0 N–H and O–H groups in total. The maximum Gasteiger partial charge on any atom is 0.365 e. The normalized spacial score (nSPS) is 11.9. The van der Waals surface area contributed by atoms with Gasteiger partial charge in [-0.15, -0.1) is 0 Å². The SMILES string of the molecule is C=C(COc1ccccc1P(=O)(OCC)OCC)C(=O)OC(C)(C)C. The van der Waals surface area contributed by atoms with Crippen LogP contribution >= 0.6 is 7.60 Å². The summed E-state index contributed by atoms with van der Waals surface area (Å²) in [5.41, 5.74) is -0.454. The van der Waals surface area contributed by atoms with Crippen LogP contribution in [-0.2, 0) is 23.1 Å². The highest BCUT2D eigenvalue weighted by Gasteiger charge is 2.30. The fraction of sp³-hybridized carbons (Fsp3) is 0.500. The Morgan fingerprint density at radius 2 is 1.68 bits per heavy atom. The Morgan fingerprint density at radius 1 is 1.12 bits per heavy atom. The van der Waals surface area contributed by atoms with Crippen molar-refractivity contribution in [2.24, 2.45) is 0 Å². The van der Waals surface area contributed by atoms with Gasteiger partial charge in [0.05, 0.1) is 18.8 Å². The zero-order valence-electron chi connectivity index (χ0n) is 15.5. The molecule has 0 aliphatic carbocycles. The van der Waals surface area contributed by atoms with Crippen molar-refractivity contribution < 1.29 is 27.9 Å². The molecule has 0 saturated carbocycles. The van der Waals surface area contributed by atoms with Crippen LogP contribution in [-0.4, -0.2) is 31.4 Å². The monoisotopic (exact) mass is 370 g/mol. The van der Waals surface area contributed by atoms with Crippen molar-refractivity contribution in [1.82, 2.24) is 0 Å². The van der Waals surface area contributed by atoms with E-state index in [1.54, 1.807) is 58.9 Å². The highest BCUT2D eigenvalue weighted by Crippen LogP contribution is 2.49. The van der Waals surface area contributed by atoms with E-state index in [9.17, 15) is 9.36 Å². The molecule has 25 heavy (non-hydrogen) atoms. The van der Waals surface area contributed by atoms with Gasteiger partial charge in [0.1, 0.15) is 23.3 Å². The summed E-state index contributed by atoms with van der Waals surface area (Å²) in [5.74, 6) is -0.222. The van der Waals surface area contributed by atoms with Gasteiger partial charge in [-0.05, 0) is 46.8 Å². The molecule has 0 atom stereocenters. The molecule has 1 aromatic rings. The Labute approximate surface area is 149 Å². The fourth-order valence-corrected chi connectivity index (χ4v) is 3.61. The summed E-state index contributed by atoms with van der Waals surface area (Å²) in [6, 6.07) is 6.72. The van der Waals surface area contributed by atoms with Crippen molar-refractivity contribution >= 4 is 18.9 Å². The van der Waals surface area contributed by atoms with Gasteiger partial charge in [-0.3, -0.25) is 4.57 Å². The smallest absolute Gasteiger partial charge is 0.365 e. The number of para-hydroxylation sites is 1. The topological polar surface area (TPSA) is 71.1 Å². The lowest BCUT2D eigenvalue weighted by Crippen LogP contribution is -2.26. The number of ether oxygens (including phenoxy) is 2. The average Bonchev–Trinajstić information content (AvgIpc) is 2.51. The van der Waals surface area contributed by atoms with E-state index < -0.39 is 19.2 Å². The van der Waals surface area contributed by atoms with Crippen molar-refractivity contribution in [2.45, 2.75) is 40.2 Å². The van der Waals surface area contributed by atoms with E-state index in [-0.39, 0.29) is 25.4 Å². The Hall–Kier alpha value is -1.62. The van der Waals surface area contributed by atoms with Crippen molar-refractivity contribution in [3.63, 3.8) is 0 Å². The molecule has 1 aromatic carbocycles. The van der Waals surface area contributed by atoms with E-state index in [2.05, 4.69) is 6.58 Å². The van der Waals surface area contributed by atoms with Gasteiger partial charge in [0, 0.05) is 0 Å². The van der Waals surface area contributed by atoms with Crippen LogP contribution in [0.15, 0.2) is 36.4 Å². The molecule has 0 aromatic heterocycles. The van der Waals surface area contributed by atoms with Crippen LogP contribution in [0.2, 0.25) is 0 Å². The molecule has 0 bridgehead atoms. The third kappa shape index (κ3) is 6.65. The van der Waals surface area contributed by atoms with Crippen LogP contribution in [0.4, 0.5) is 0 Å². The van der Waals surface area contributed by atoms with E-state index >= 15 is 0 Å². The summed E-state index contributed by atoms with van der Waals surface area (Å²) in [6.07, 6.45) is 0. The minimum Gasteiger partial charge on any atom is -0.488 e. The number of carbonyl (C=O) groups is 1. The molecule has 0 radical (unpaired) electrons. The molecular formula is C18H27O6P. The van der Waals surface area contributed by atoms with Gasteiger partial charge in [0.2, 0.25) is 0 Å². The van der Waals surface area contributed by atoms with Gasteiger partial charge in [-0.1, -0.05) is 18.7 Å². The second-order valence-corrected chi connectivity index (χ2v) is 8.19. The first-order valence-corrected chi connectivity index (χ1v) is 9.70. The maximum absolute atomic E-state index is 13.0. The highest BCUT2D eigenvalue weighted by atomic mass is 31.2. The van der Waals surface area contributed by atoms with Gasteiger partial charge in [-0.2, -0.15) is 0 Å². The van der Waals surface area contributed by atoms with E-state index in [1.807, 2.05) is 0 Å². The number of hydrogen-bond acceptors (Lipinski definition) is 6. The average molecular weight is 370 g/mol.